The van der Waals surface area contributed by atoms with Crippen LogP contribution in [0.5, 0.6) is 0 Å². The standard InChI is InChI=1S/C12H20ClNO2/c13-11(10-7-4-8-16-10)12(15)14-9-5-2-1-3-6-9/h9-11H,1-8H2,(H,14,15). The highest BCUT2D eigenvalue weighted by atomic mass is 35.5. The number of nitrogens with one attached hydrogen (secondary N) is 1. The van der Waals surface area contributed by atoms with Gasteiger partial charge in [0.1, 0.15) is 5.38 Å². The molecule has 2 aliphatic rings. The average Bonchev–Trinajstić information content (AvgIpc) is 2.83. The Morgan fingerprint density at radius 3 is 2.56 bits per heavy atom. The molecule has 2 fully saturated rings. The Morgan fingerprint density at radius 2 is 1.94 bits per heavy atom. The molecule has 1 heterocycles. The van der Waals surface area contributed by atoms with Crippen molar-refractivity contribution in [3.8, 4) is 0 Å². The van der Waals surface area contributed by atoms with E-state index in [0.29, 0.717) is 6.04 Å². The maximum Gasteiger partial charge on any atom is 0.240 e. The number of carbonyl (C=O) groups is 1. The van der Waals surface area contributed by atoms with Crippen LogP contribution in [0.1, 0.15) is 44.9 Å². The summed E-state index contributed by atoms with van der Waals surface area (Å²) in [6.45, 7) is 0.741. The molecule has 1 aliphatic heterocycles. The molecule has 0 bridgehead atoms. The van der Waals surface area contributed by atoms with Crippen molar-refractivity contribution in [3.63, 3.8) is 0 Å². The Morgan fingerprint density at radius 1 is 1.19 bits per heavy atom. The third-order valence-corrected chi connectivity index (χ3v) is 3.97. The molecule has 0 aromatic carbocycles. The number of rotatable bonds is 3. The van der Waals surface area contributed by atoms with Crippen LogP contribution in [-0.2, 0) is 9.53 Å². The number of alkyl halides is 1. The fourth-order valence-electron chi connectivity index (χ4n) is 2.53. The van der Waals surface area contributed by atoms with Gasteiger partial charge in [-0.3, -0.25) is 4.79 Å². The summed E-state index contributed by atoms with van der Waals surface area (Å²) >= 11 is 6.12. The molecule has 4 heteroatoms. The lowest BCUT2D eigenvalue weighted by Gasteiger charge is -2.25. The molecule has 92 valence electrons. The highest BCUT2D eigenvalue weighted by Crippen LogP contribution is 2.21. The quantitative estimate of drug-likeness (QED) is 0.775. The molecule has 16 heavy (non-hydrogen) atoms. The van der Waals surface area contributed by atoms with Crippen LogP contribution in [0.15, 0.2) is 0 Å². The van der Waals surface area contributed by atoms with Gasteiger partial charge < -0.3 is 10.1 Å². The van der Waals surface area contributed by atoms with Gasteiger partial charge in [-0.1, -0.05) is 19.3 Å². The number of amides is 1. The van der Waals surface area contributed by atoms with Gasteiger partial charge in [-0.15, -0.1) is 11.6 Å². The van der Waals surface area contributed by atoms with Gasteiger partial charge >= 0.3 is 0 Å². The minimum atomic E-state index is -0.510. The van der Waals surface area contributed by atoms with Gasteiger partial charge in [0.25, 0.3) is 0 Å². The second-order valence-electron chi connectivity index (χ2n) is 4.80. The van der Waals surface area contributed by atoms with E-state index in [0.717, 1.165) is 32.3 Å². The second-order valence-corrected chi connectivity index (χ2v) is 5.27. The number of ether oxygens (including phenoxy) is 1. The van der Waals surface area contributed by atoms with E-state index >= 15 is 0 Å². The molecule has 2 atom stereocenters. The molecular formula is C12H20ClNO2. The lowest BCUT2D eigenvalue weighted by molar-refractivity contribution is -0.123. The summed E-state index contributed by atoms with van der Waals surface area (Å²) in [5.74, 6) is -0.0412. The van der Waals surface area contributed by atoms with E-state index in [2.05, 4.69) is 5.32 Å². The van der Waals surface area contributed by atoms with Gasteiger partial charge in [0.15, 0.2) is 0 Å². The van der Waals surface area contributed by atoms with Gasteiger partial charge in [-0.25, -0.2) is 0 Å². The molecule has 1 amide bonds. The summed E-state index contributed by atoms with van der Waals surface area (Å²) in [4.78, 5) is 11.9. The van der Waals surface area contributed by atoms with E-state index in [1.807, 2.05) is 0 Å². The highest BCUT2D eigenvalue weighted by molar-refractivity contribution is 6.31. The van der Waals surface area contributed by atoms with Crippen molar-refractivity contribution in [2.45, 2.75) is 62.5 Å². The summed E-state index contributed by atoms with van der Waals surface area (Å²) in [6, 6.07) is 0.337. The largest absolute Gasteiger partial charge is 0.376 e. The molecule has 3 nitrogen and oxygen atoms in total. The van der Waals surface area contributed by atoms with Crippen LogP contribution >= 0.6 is 11.6 Å². The first-order chi connectivity index (χ1) is 7.77. The molecule has 2 unspecified atom stereocenters. The Balaban J connectivity index is 1.77. The Labute approximate surface area is 102 Å². The van der Waals surface area contributed by atoms with Crippen LogP contribution in [0.25, 0.3) is 0 Å². The van der Waals surface area contributed by atoms with Crippen LogP contribution < -0.4 is 5.32 Å². The average molecular weight is 246 g/mol. The Hall–Kier alpha value is -0.280. The number of halogens is 1. The van der Waals surface area contributed by atoms with E-state index < -0.39 is 5.38 Å². The molecule has 0 radical (unpaired) electrons. The maximum absolute atomic E-state index is 11.9. The topological polar surface area (TPSA) is 38.3 Å². The summed E-state index contributed by atoms with van der Waals surface area (Å²) in [6.07, 6.45) is 7.78. The number of carbonyl (C=O) groups excluding carboxylic acids is 1. The zero-order chi connectivity index (χ0) is 11.4. The summed E-state index contributed by atoms with van der Waals surface area (Å²) < 4.78 is 5.43. The van der Waals surface area contributed by atoms with Crippen molar-refractivity contribution in [1.82, 2.24) is 5.32 Å². The van der Waals surface area contributed by atoms with Crippen LogP contribution in [-0.4, -0.2) is 30.0 Å². The van der Waals surface area contributed by atoms with Crippen molar-refractivity contribution >= 4 is 17.5 Å². The zero-order valence-electron chi connectivity index (χ0n) is 9.58. The fraction of sp³-hybridized carbons (Fsp3) is 0.917. The molecule has 1 aliphatic carbocycles. The summed E-state index contributed by atoms with van der Waals surface area (Å²) in [5, 5.41) is 2.53. The molecule has 0 aromatic rings. The summed E-state index contributed by atoms with van der Waals surface area (Å²) in [7, 11) is 0. The highest BCUT2D eigenvalue weighted by Gasteiger charge is 2.31. The lowest BCUT2D eigenvalue weighted by Crippen LogP contribution is -2.44. The zero-order valence-corrected chi connectivity index (χ0v) is 10.3. The minimum Gasteiger partial charge on any atom is -0.376 e. The number of hydrogen-bond acceptors (Lipinski definition) is 2. The predicted octanol–water partition coefficient (Wildman–Crippen LogP) is 2.22. The van der Waals surface area contributed by atoms with E-state index in [-0.39, 0.29) is 12.0 Å². The first-order valence-corrected chi connectivity index (χ1v) is 6.77. The fourth-order valence-corrected chi connectivity index (χ4v) is 2.79. The number of hydrogen-bond donors (Lipinski definition) is 1. The summed E-state index contributed by atoms with van der Waals surface area (Å²) in [5.41, 5.74) is 0. The van der Waals surface area contributed by atoms with Crippen LogP contribution in [0.4, 0.5) is 0 Å². The van der Waals surface area contributed by atoms with Crippen molar-refractivity contribution in [2.75, 3.05) is 6.61 Å². The second kappa shape index (κ2) is 5.87. The lowest BCUT2D eigenvalue weighted by atomic mass is 9.95. The third kappa shape index (κ3) is 3.11. The molecule has 2 rings (SSSR count). The smallest absolute Gasteiger partial charge is 0.240 e. The molecule has 1 saturated carbocycles. The van der Waals surface area contributed by atoms with Gasteiger partial charge in [-0.2, -0.15) is 0 Å². The van der Waals surface area contributed by atoms with Crippen LogP contribution in [0.2, 0.25) is 0 Å². The molecule has 1 saturated heterocycles. The van der Waals surface area contributed by atoms with Gasteiger partial charge in [0.2, 0.25) is 5.91 Å². The SMILES string of the molecule is O=C(NC1CCCCC1)C(Cl)C1CCCO1. The third-order valence-electron chi connectivity index (χ3n) is 3.49. The van der Waals surface area contributed by atoms with E-state index in [1.54, 1.807) is 0 Å². The van der Waals surface area contributed by atoms with E-state index in [9.17, 15) is 4.79 Å². The van der Waals surface area contributed by atoms with E-state index in [1.165, 1.54) is 19.3 Å². The molecule has 0 aromatic heterocycles. The minimum absolute atomic E-state index is 0.0412. The normalized spacial score (nSPS) is 28.9. The molecule has 1 N–H and O–H groups in total. The van der Waals surface area contributed by atoms with Gasteiger partial charge in [0.05, 0.1) is 6.10 Å². The van der Waals surface area contributed by atoms with Crippen molar-refractivity contribution in [2.24, 2.45) is 0 Å². The predicted molar refractivity (Wildman–Crippen MR) is 63.6 cm³/mol. The van der Waals surface area contributed by atoms with E-state index in [4.69, 9.17) is 16.3 Å². The first-order valence-electron chi connectivity index (χ1n) is 6.33. The van der Waals surface area contributed by atoms with Crippen molar-refractivity contribution < 1.29 is 9.53 Å². The molecule has 0 spiro atoms. The van der Waals surface area contributed by atoms with Gasteiger partial charge in [-0.05, 0) is 25.7 Å². The Kier molecular flexibility index (Phi) is 4.47. The Bertz CT molecular complexity index is 235. The first kappa shape index (κ1) is 12.2. The van der Waals surface area contributed by atoms with Crippen molar-refractivity contribution in [3.05, 3.63) is 0 Å². The van der Waals surface area contributed by atoms with Crippen LogP contribution in [0.3, 0.4) is 0 Å². The molecular weight excluding hydrogens is 226 g/mol. The van der Waals surface area contributed by atoms with Gasteiger partial charge in [0, 0.05) is 12.6 Å². The monoisotopic (exact) mass is 245 g/mol. The van der Waals surface area contributed by atoms with Crippen LogP contribution in [0, 0.1) is 0 Å². The van der Waals surface area contributed by atoms with Crippen molar-refractivity contribution in [1.29, 1.82) is 0 Å². The maximum atomic E-state index is 11.9.